The standard InChI is InChI=1S/C11H10F3NO.C11H16N2O/c1-7(11(12,13)14)9-3-5-10(6-4-9)15-8(2)16;1-9-4-3-7-13(8-9)11-10(14)5-2-6-12-11/h3-6H,1H2,2H3,(H,15,16);2,5-6,9,14H,3-4,7-8H2,1H3. The van der Waals surface area contributed by atoms with E-state index < -0.39 is 11.7 Å². The number of piperidine rings is 1. The highest BCUT2D eigenvalue weighted by Gasteiger charge is 2.32. The molecule has 2 heterocycles. The van der Waals surface area contributed by atoms with Crippen LogP contribution in [-0.2, 0) is 4.79 Å². The summed E-state index contributed by atoms with van der Waals surface area (Å²) in [7, 11) is 0. The van der Waals surface area contributed by atoms with E-state index in [1.807, 2.05) is 0 Å². The van der Waals surface area contributed by atoms with Gasteiger partial charge in [0.2, 0.25) is 5.91 Å². The zero-order valence-electron chi connectivity index (χ0n) is 17.0. The Morgan fingerprint density at radius 2 is 1.93 bits per heavy atom. The quantitative estimate of drug-likeness (QED) is 0.711. The first kappa shape index (κ1) is 23.3. The van der Waals surface area contributed by atoms with Crippen molar-refractivity contribution >= 4 is 23.0 Å². The van der Waals surface area contributed by atoms with Gasteiger partial charge in [-0.2, -0.15) is 13.2 Å². The Labute approximate surface area is 174 Å². The summed E-state index contributed by atoms with van der Waals surface area (Å²) >= 11 is 0. The summed E-state index contributed by atoms with van der Waals surface area (Å²) in [6.07, 6.45) is -0.231. The minimum atomic E-state index is -4.43. The third-order valence-corrected chi connectivity index (χ3v) is 4.62. The number of anilines is 2. The van der Waals surface area contributed by atoms with Crippen LogP contribution >= 0.6 is 0 Å². The molecule has 30 heavy (non-hydrogen) atoms. The molecule has 0 aliphatic carbocycles. The highest BCUT2D eigenvalue weighted by Crippen LogP contribution is 2.32. The van der Waals surface area contributed by atoms with Crippen LogP contribution in [0.25, 0.3) is 5.57 Å². The molecule has 5 nitrogen and oxygen atoms in total. The van der Waals surface area contributed by atoms with Crippen molar-refractivity contribution < 1.29 is 23.1 Å². The van der Waals surface area contributed by atoms with Crippen molar-refractivity contribution in [3.05, 3.63) is 54.7 Å². The van der Waals surface area contributed by atoms with Crippen LogP contribution in [0.4, 0.5) is 24.7 Å². The van der Waals surface area contributed by atoms with Gasteiger partial charge in [0.25, 0.3) is 0 Å². The fourth-order valence-corrected chi connectivity index (χ4v) is 3.14. The number of aromatic nitrogens is 1. The largest absolute Gasteiger partial charge is 0.504 e. The first-order chi connectivity index (χ1) is 14.1. The first-order valence-corrected chi connectivity index (χ1v) is 9.61. The van der Waals surface area contributed by atoms with E-state index in [4.69, 9.17) is 0 Å². The molecule has 1 unspecified atom stereocenters. The van der Waals surface area contributed by atoms with E-state index in [-0.39, 0.29) is 11.5 Å². The van der Waals surface area contributed by atoms with Gasteiger partial charge in [-0.15, -0.1) is 0 Å². The van der Waals surface area contributed by atoms with Gasteiger partial charge in [-0.1, -0.05) is 25.6 Å². The Hall–Kier alpha value is -3.03. The zero-order chi connectivity index (χ0) is 22.3. The number of carbonyl (C=O) groups excluding carboxylic acids is 1. The van der Waals surface area contributed by atoms with E-state index in [0.29, 0.717) is 17.4 Å². The molecule has 1 fully saturated rings. The number of amides is 1. The second-order valence-electron chi connectivity index (χ2n) is 7.27. The number of nitrogens with one attached hydrogen (secondary N) is 1. The second-order valence-corrected chi connectivity index (χ2v) is 7.27. The molecule has 2 N–H and O–H groups in total. The van der Waals surface area contributed by atoms with Crippen molar-refractivity contribution in [1.82, 2.24) is 4.98 Å². The molecule has 1 aliphatic heterocycles. The average Bonchev–Trinajstić information content (AvgIpc) is 2.68. The molecular formula is C22H26F3N3O2. The van der Waals surface area contributed by atoms with Crippen molar-refractivity contribution in [1.29, 1.82) is 0 Å². The van der Waals surface area contributed by atoms with Crippen LogP contribution in [0.1, 0.15) is 32.3 Å². The topological polar surface area (TPSA) is 65.5 Å². The van der Waals surface area contributed by atoms with Crippen LogP contribution in [0.3, 0.4) is 0 Å². The van der Waals surface area contributed by atoms with Crippen LogP contribution in [0.2, 0.25) is 0 Å². The number of alkyl halides is 3. The molecule has 1 aromatic carbocycles. The Balaban J connectivity index is 0.000000215. The van der Waals surface area contributed by atoms with Gasteiger partial charge in [-0.05, 0) is 48.6 Å². The summed E-state index contributed by atoms with van der Waals surface area (Å²) in [6.45, 7) is 8.55. The molecule has 0 saturated carbocycles. The molecule has 1 amide bonds. The first-order valence-electron chi connectivity index (χ1n) is 9.61. The molecule has 1 aromatic heterocycles. The van der Waals surface area contributed by atoms with Crippen molar-refractivity contribution in [2.75, 3.05) is 23.3 Å². The summed E-state index contributed by atoms with van der Waals surface area (Å²) in [6, 6.07) is 8.78. The van der Waals surface area contributed by atoms with Crippen molar-refractivity contribution in [3.63, 3.8) is 0 Å². The highest BCUT2D eigenvalue weighted by atomic mass is 19.4. The van der Waals surface area contributed by atoms with Gasteiger partial charge in [-0.3, -0.25) is 4.79 Å². The number of carbonyl (C=O) groups is 1. The Kier molecular flexibility index (Phi) is 7.86. The normalized spacial score (nSPS) is 16.3. The van der Waals surface area contributed by atoms with Crippen LogP contribution in [0.5, 0.6) is 5.75 Å². The number of nitrogens with zero attached hydrogens (tertiary/aromatic N) is 2. The molecule has 162 valence electrons. The van der Waals surface area contributed by atoms with Gasteiger partial charge >= 0.3 is 6.18 Å². The lowest BCUT2D eigenvalue weighted by molar-refractivity contribution is -0.114. The van der Waals surface area contributed by atoms with E-state index >= 15 is 0 Å². The number of halogens is 3. The Morgan fingerprint density at radius 1 is 1.27 bits per heavy atom. The van der Waals surface area contributed by atoms with Crippen molar-refractivity contribution in [2.45, 2.75) is 32.9 Å². The average molecular weight is 421 g/mol. The summed E-state index contributed by atoms with van der Waals surface area (Å²) in [5.41, 5.74) is -0.463. The van der Waals surface area contributed by atoms with Crippen LogP contribution in [0.15, 0.2) is 49.2 Å². The summed E-state index contributed by atoms with van der Waals surface area (Å²) in [4.78, 5) is 17.1. The van der Waals surface area contributed by atoms with E-state index in [1.165, 1.54) is 44.0 Å². The SMILES string of the molecule is C=C(c1ccc(NC(C)=O)cc1)C(F)(F)F.CC1CCCN(c2ncccc2O)C1. The lowest BCUT2D eigenvalue weighted by atomic mass is 10.0. The Morgan fingerprint density at radius 3 is 2.47 bits per heavy atom. The third kappa shape index (κ3) is 6.79. The number of pyridine rings is 1. The summed E-state index contributed by atoms with van der Waals surface area (Å²) in [5, 5.41) is 12.1. The minimum Gasteiger partial charge on any atom is -0.504 e. The smallest absolute Gasteiger partial charge is 0.416 e. The molecule has 1 saturated heterocycles. The number of rotatable bonds is 3. The van der Waals surface area contributed by atoms with E-state index in [2.05, 4.69) is 28.7 Å². The zero-order valence-corrected chi connectivity index (χ0v) is 17.0. The van der Waals surface area contributed by atoms with Crippen LogP contribution < -0.4 is 10.2 Å². The molecule has 8 heteroatoms. The van der Waals surface area contributed by atoms with Gasteiger partial charge in [0.05, 0.1) is 5.57 Å². The van der Waals surface area contributed by atoms with E-state index in [0.717, 1.165) is 18.9 Å². The van der Waals surface area contributed by atoms with Gasteiger partial charge in [0, 0.05) is 31.9 Å². The summed E-state index contributed by atoms with van der Waals surface area (Å²) < 4.78 is 36.8. The van der Waals surface area contributed by atoms with E-state index in [9.17, 15) is 23.1 Å². The maximum atomic E-state index is 12.3. The molecule has 0 bridgehead atoms. The number of benzene rings is 1. The molecule has 3 rings (SSSR count). The molecule has 0 spiro atoms. The maximum Gasteiger partial charge on any atom is 0.416 e. The van der Waals surface area contributed by atoms with Gasteiger partial charge in [-0.25, -0.2) is 4.98 Å². The Bertz CT molecular complexity index is 867. The lowest BCUT2D eigenvalue weighted by Crippen LogP contribution is -2.34. The van der Waals surface area contributed by atoms with E-state index in [1.54, 1.807) is 18.3 Å². The van der Waals surface area contributed by atoms with Crippen LogP contribution in [0, 0.1) is 5.92 Å². The predicted octanol–water partition coefficient (Wildman–Crippen LogP) is 5.24. The second kappa shape index (κ2) is 10.1. The number of allylic oxidation sites excluding steroid dienone is 1. The third-order valence-electron chi connectivity index (χ3n) is 4.62. The maximum absolute atomic E-state index is 12.3. The monoisotopic (exact) mass is 421 g/mol. The number of hydrogen-bond acceptors (Lipinski definition) is 4. The van der Waals surface area contributed by atoms with Gasteiger partial charge < -0.3 is 15.3 Å². The van der Waals surface area contributed by atoms with Gasteiger partial charge in [0.15, 0.2) is 11.6 Å². The molecule has 1 atom stereocenters. The lowest BCUT2D eigenvalue weighted by Gasteiger charge is -2.31. The van der Waals surface area contributed by atoms with Crippen molar-refractivity contribution in [3.8, 4) is 5.75 Å². The number of hydrogen-bond donors (Lipinski definition) is 2. The highest BCUT2D eigenvalue weighted by molar-refractivity contribution is 5.88. The summed E-state index contributed by atoms with van der Waals surface area (Å²) in [5.74, 6) is 1.45. The fourth-order valence-electron chi connectivity index (χ4n) is 3.14. The minimum absolute atomic E-state index is 0.0124. The van der Waals surface area contributed by atoms with Crippen molar-refractivity contribution in [2.24, 2.45) is 5.92 Å². The fraction of sp³-hybridized carbons (Fsp3) is 0.364. The molecule has 0 radical (unpaired) electrons. The number of aromatic hydroxyl groups is 1. The van der Waals surface area contributed by atoms with Gasteiger partial charge in [0.1, 0.15) is 0 Å². The molecular weight excluding hydrogens is 395 g/mol. The molecule has 1 aliphatic rings. The van der Waals surface area contributed by atoms with Crippen LogP contribution in [-0.4, -0.2) is 35.3 Å². The molecule has 2 aromatic rings. The predicted molar refractivity (Wildman–Crippen MR) is 112 cm³/mol.